The molecular weight excluding hydrogens is 358 g/mol. The molecule has 0 radical (unpaired) electrons. The van der Waals surface area contributed by atoms with Gasteiger partial charge in [0.05, 0.1) is 0 Å². The van der Waals surface area contributed by atoms with E-state index in [1.54, 1.807) is 0 Å². The molecule has 0 saturated heterocycles. The molecule has 0 amide bonds. The van der Waals surface area contributed by atoms with Crippen LogP contribution in [0.25, 0.3) is 0 Å². The Morgan fingerprint density at radius 3 is 0.862 bits per heavy atom. The van der Waals surface area contributed by atoms with E-state index >= 15 is 0 Å². The van der Waals surface area contributed by atoms with E-state index < -0.39 is 5.97 Å². The van der Waals surface area contributed by atoms with Crippen LogP contribution in [-0.2, 0) is 4.79 Å². The number of aliphatic carboxylic acids is 1. The van der Waals surface area contributed by atoms with Gasteiger partial charge in [-0.3, -0.25) is 4.79 Å². The quantitative estimate of drug-likeness (QED) is 0.155. The van der Waals surface area contributed by atoms with Crippen LogP contribution in [0.1, 0.15) is 161 Å². The molecule has 0 saturated carbocycles. The molecule has 0 spiro atoms. The molecule has 0 aromatic carbocycles. The van der Waals surface area contributed by atoms with Gasteiger partial charge in [-0.2, -0.15) is 0 Å². The fraction of sp³-hybridized carbons (Fsp3) is 0.962. The number of carboxylic acid groups (broad SMARTS) is 1. The van der Waals surface area contributed by atoms with Crippen molar-refractivity contribution in [1.29, 1.82) is 0 Å². The van der Waals surface area contributed by atoms with E-state index in [-0.39, 0.29) is 6.15 Å². The number of rotatable bonds is 24. The summed E-state index contributed by atoms with van der Waals surface area (Å²) in [6.45, 7) is 2.29. The lowest BCUT2D eigenvalue weighted by molar-refractivity contribution is -0.137. The van der Waals surface area contributed by atoms with E-state index in [1.807, 2.05) is 0 Å². The molecule has 0 heterocycles. The minimum atomic E-state index is -0.650. The molecular formula is C26H55NO2. The minimum absolute atomic E-state index is 0. The minimum Gasteiger partial charge on any atom is -0.481 e. The predicted molar refractivity (Wildman–Crippen MR) is 129 cm³/mol. The van der Waals surface area contributed by atoms with Gasteiger partial charge in [-0.05, 0) is 6.42 Å². The molecule has 0 aliphatic rings. The van der Waals surface area contributed by atoms with Crippen LogP contribution >= 0.6 is 0 Å². The Hall–Kier alpha value is -0.570. The summed E-state index contributed by atoms with van der Waals surface area (Å²) >= 11 is 0. The summed E-state index contributed by atoms with van der Waals surface area (Å²) in [7, 11) is 0. The van der Waals surface area contributed by atoms with Crippen molar-refractivity contribution in [2.75, 3.05) is 0 Å². The average molecular weight is 414 g/mol. The first-order chi connectivity index (χ1) is 13.8. The predicted octanol–water partition coefficient (Wildman–Crippen LogP) is 9.62. The zero-order valence-electron chi connectivity index (χ0n) is 20.0. The molecule has 0 bridgehead atoms. The second-order valence-electron chi connectivity index (χ2n) is 8.92. The SMILES string of the molecule is CCCCCCCCCCCCCCCCCCCCCCCCCC(=O)O.N. The maximum atomic E-state index is 10.4. The third-order valence-electron chi connectivity index (χ3n) is 5.99. The molecule has 29 heavy (non-hydrogen) atoms. The molecule has 0 aliphatic carbocycles. The molecule has 176 valence electrons. The Morgan fingerprint density at radius 1 is 0.448 bits per heavy atom. The van der Waals surface area contributed by atoms with E-state index in [1.165, 1.54) is 135 Å². The van der Waals surface area contributed by atoms with E-state index in [4.69, 9.17) is 5.11 Å². The summed E-state index contributed by atoms with van der Waals surface area (Å²) in [6, 6.07) is 0. The van der Waals surface area contributed by atoms with Crippen LogP contribution in [0.4, 0.5) is 0 Å². The van der Waals surface area contributed by atoms with Gasteiger partial charge >= 0.3 is 5.97 Å². The Morgan fingerprint density at radius 2 is 0.655 bits per heavy atom. The van der Waals surface area contributed by atoms with E-state index in [9.17, 15) is 4.79 Å². The fourth-order valence-corrected chi connectivity index (χ4v) is 4.06. The van der Waals surface area contributed by atoms with Crippen molar-refractivity contribution in [3.63, 3.8) is 0 Å². The van der Waals surface area contributed by atoms with Crippen LogP contribution < -0.4 is 6.15 Å². The largest absolute Gasteiger partial charge is 0.481 e. The monoisotopic (exact) mass is 413 g/mol. The van der Waals surface area contributed by atoms with E-state index in [2.05, 4.69) is 6.92 Å². The topological polar surface area (TPSA) is 72.3 Å². The average Bonchev–Trinajstić information content (AvgIpc) is 2.68. The molecule has 0 aromatic rings. The number of carboxylic acids is 1. The second-order valence-corrected chi connectivity index (χ2v) is 8.92. The third-order valence-corrected chi connectivity index (χ3v) is 5.99. The van der Waals surface area contributed by atoms with Crippen LogP contribution in [-0.4, -0.2) is 11.1 Å². The Bertz CT molecular complexity index is 307. The van der Waals surface area contributed by atoms with Crippen LogP contribution in [0.3, 0.4) is 0 Å². The van der Waals surface area contributed by atoms with Gasteiger partial charge in [0, 0.05) is 6.42 Å². The Balaban J connectivity index is 0. The molecule has 4 N–H and O–H groups in total. The number of carbonyl (C=O) groups is 1. The molecule has 3 heteroatoms. The third kappa shape index (κ3) is 29.7. The van der Waals surface area contributed by atoms with Crippen LogP contribution in [0.2, 0.25) is 0 Å². The van der Waals surface area contributed by atoms with Crippen LogP contribution in [0.5, 0.6) is 0 Å². The summed E-state index contributed by atoms with van der Waals surface area (Å²) in [4.78, 5) is 10.4. The van der Waals surface area contributed by atoms with Crippen LogP contribution in [0, 0.1) is 0 Å². The van der Waals surface area contributed by atoms with Crippen molar-refractivity contribution < 1.29 is 9.90 Å². The molecule has 0 rings (SSSR count). The standard InChI is InChI=1S/C26H52O2.H3N/c1-2-3-4-5-6-7-8-9-10-11-12-13-14-15-16-17-18-19-20-21-22-23-24-25-26(27)28;/h2-25H2,1H3,(H,27,28);1H3. The first-order valence-corrected chi connectivity index (χ1v) is 13.0. The lowest BCUT2D eigenvalue weighted by Crippen LogP contribution is -1.93. The van der Waals surface area contributed by atoms with Crippen LogP contribution in [0.15, 0.2) is 0 Å². The van der Waals surface area contributed by atoms with E-state index in [0.29, 0.717) is 6.42 Å². The molecule has 0 aliphatic heterocycles. The van der Waals surface area contributed by atoms with Crippen molar-refractivity contribution in [2.45, 2.75) is 161 Å². The van der Waals surface area contributed by atoms with Gasteiger partial charge < -0.3 is 11.3 Å². The summed E-state index contributed by atoms with van der Waals surface area (Å²) < 4.78 is 0. The lowest BCUT2D eigenvalue weighted by atomic mass is 10.0. The van der Waals surface area contributed by atoms with Crippen molar-refractivity contribution >= 4 is 5.97 Å². The highest BCUT2D eigenvalue weighted by Crippen LogP contribution is 2.15. The van der Waals surface area contributed by atoms with E-state index in [0.717, 1.165) is 12.8 Å². The molecule has 0 unspecified atom stereocenters. The molecule has 0 aromatic heterocycles. The van der Waals surface area contributed by atoms with Gasteiger partial charge in [0.15, 0.2) is 0 Å². The Kier molecular flexibility index (Phi) is 29.0. The maximum Gasteiger partial charge on any atom is 0.303 e. The van der Waals surface area contributed by atoms with Crippen molar-refractivity contribution in [3.05, 3.63) is 0 Å². The lowest BCUT2D eigenvalue weighted by Gasteiger charge is -2.04. The number of hydrogen-bond donors (Lipinski definition) is 2. The number of hydrogen-bond acceptors (Lipinski definition) is 2. The van der Waals surface area contributed by atoms with Gasteiger partial charge in [0.1, 0.15) is 0 Å². The highest BCUT2D eigenvalue weighted by molar-refractivity contribution is 5.66. The van der Waals surface area contributed by atoms with Gasteiger partial charge in [-0.25, -0.2) is 0 Å². The highest BCUT2D eigenvalue weighted by Gasteiger charge is 1.97. The van der Waals surface area contributed by atoms with Crippen molar-refractivity contribution in [3.8, 4) is 0 Å². The number of unbranched alkanes of at least 4 members (excludes halogenated alkanes) is 22. The summed E-state index contributed by atoms with van der Waals surface area (Å²) in [5.74, 6) is -0.650. The van der Waals surface area contributed by atoms with Gasteiger partial charge in [-0.15, -0.1) is 0 Å². The first-order valence-electron chi connectivity index (χ1n) is 13.0. The fourth-order valence-electron chi connectivity index (χ4n) is 4.06. The smallest absolute Gasteiger partial charge is 0.303 e. The maximum absolute atomic E-state index is 10.4. The Labute approximate surface area is 183 Å². The second kappa shape index (κ2) is 27.4. The molecule has 0 atom stereocenters. The van der Waals surface area contributed by atoms with Gasteiger partial charge in [-0.1, -0.05) is 148 Å². The van der Waals surface area contributed by atoms with Crippen molar-refractivity contribution in [1.82, 2.24) is 6.15 Å². The van der Waals surface area contributed by atoms with Crippen molar-refractivity contribution in [2.24, 2.45) is 0 Å². The molecule has 3 nitrogen and oxygen atoms in total. The van der Waals surface area contributed by atoms with Gasteiger partial charge in [0.25, 0.3) is 0 Å². The normalized spacial score (nSPS) is 10.8. The zero-order valence-corrected chi connectivity index (χ0v) is 20.0. The summed E-state index contributed by atoms with van der Waals surface area (Å²) in [6.07, 6.45) is 32.0. The summed E-state index contributed by atoms with van der Waals surface area (Å²) in [5, 5.41) is 8.59. The first kappa shape index (κ1) is 30.6. The van der Waals surface area contributed by atoms with Gasteiger partial charge in [0.2, 0.25) is 0 Å². The highest BCUT2D eigenvalue weighted by atomic mass is 16.4. The zero-order chi connectivity index (χ0) is 20.5. The molecule has 0 fully saturated rings. The summed E-state index contributed by atoms with van der Waals surface area (Å²) in [5.41, 5.74) is 0.